The number of hydrogen-bond donors (Lipinski definition) is 1. The lowest BCUT2D eigenvalue weighted by Gasteiger charge is -2.04. The minimum Gasteiger partial charge on any atom is -0.364 e. The summed E-state index contributed by atoms with van der Waals surface area (Å²) in [5.41, 5.74) is 1.91. The van der Waals surface area contributed by atoms with E-state index >= 15 is 0 Å². The molecule has 0 aromatic carbocycles. The highest BCUT2D eigenvalue weighted by Crippen LogP contribution is 2.07. The molecule has 84 valence electrons. The SMILES string of the molecule is CCCc1cc(NCc2ccon2)ncn1. The molecular formula is C11H14N4O. The van der Waals surface area contributed by atoms with Crippen LogP contribution in [-0.4, -0.2) is 15.1 Å². The Balaban J connectivity index is 1.96. The van der Waals surface area contributed by atoms with Gasteiger partial charge in [-0.2, -0.15) is 0 Å². The van der Waals surface area contributed by atoms with Crippen LogP contribution in [0, 0.1) is 0 Å². The maximum Gasteiger partial charge on any atom is 0.129 e. The van der Waals surface area contributed by atoms with E-state index < -0.39 is 0 Å². The lowest BCUT2D eigenvalue weighted by Crippen LogP contribution is -2.03. The van der Waals surface area contributed by atoms with Gasteiger partial charge in [-0.3, -0.25) is 0 Å². The topological polar surface area (TPSA) is 63.8 Å². The molecule has 0 radical (unpaired) electrons. The fraction of sp³-hybridized carbons (Fsp3) is 0.364. The van der Waals surface area contributed by atoms with Crippen LogP contribution in [0.2, 0.25) is 0 Å². The van der Waals surface area contributed by atoms with E-state index in [0.29, 0.717) is 6.54 Å². The minimum atomic E-state index is 0.610. The van der Waals surface area contributed by atoms with Gasteiger partial charge in [-0.25, -0.2) is 9.97 Å². The third kappa shape index (κ3) is 2.79. The predicted octanol–water partition coefficient (Wildman–Crippen LogP) is 2.03. The van der Waals surface area contributed by atoms with E-state index in [9.17, 15) is 0 Å². The molecule has 0 atom stereocenters. The smallest absolute Gasteiger partial charge is 0.129 e. The Kier molecular flexibility index (Phi) is 3.48. The molecular weight excluding hydrogens is 204 g/mol. The van der Waals surface area contributed by atoms with Gasteiger partial charge < -0.3 is 9.84 Å². The molecule has 0 spiro atoms. The predicted molar refractivity (Wildman–Crippen MR) is 59.9 cm³/mol. The minimum absolute atomic E-state index is 0.610. The largest absolute Gasteiger partial charge is 0.364 e. The van der Waals surface area contributed by atoms with Gasteiger partial charge in [0.25, 0.3) is 0 Å². The van der Waals surface area contributed by atoms with E-state index in [1.54, 1.807) is 12.6 Å². The van der Waals surface area contributed by atoms with Crippen LogP contribution >= 0.6 is 0 Å². The van der Waals surface area contributed by atoms with Gasteiger partial charge in [-0.1, -0.05) is 18.5 Å². The van der Waals surface area contributed by atoms with E-state index in [1.807, 2.05) is 12.1 Å². The van der Waals surface area contributed by atoms with Crippen molar-refractivity contribution >= 4 is 5.82 Å². The third-order valence-corrected chi connectivity index (χ3v) is 2.17. The zero-order chi connectivity index (χ0) is 11.2. The third-order valence-electron chi connectivity index (χ3n) is 2.17. The monoisotopic (exact) mass is 218 g/mol. The maximum absolute atomic E-state index is 4.74. The zero-order valence-electron chi connectivity index (χ0n) is 9.18. The molecule has 2 aromatic rings. The van der Waals surface area contributed by atoms with Crippen molar-refractivity contribution in [1.29, 1.82) is 0 Å². The Morgan fingerprint density at radius 2 is 2.25 bits per heavy atom. The van der Waals surface area contributed by atoms with Crippen molar-refractivity contribution in [2.45, 2.75) is 26.3 Å². The Labute approximate surface area is 93.9 Å². The molecule has 0 saturated carbocycles. The highest BCUT2D eigenvalue weighted by molar-refractivity contribution is 5.35. The molecule has 0 saturated heterocycles. The van der Waals surface area contributed by atoms with Crippen LogP contribution in [0.5, 0.6) is 0 Å². The molecule has 0 fully saturated rings. The quantitative estimate of drug-likeness (QED) is 0.831. The van der Waals surface area contributed by atoms with Crippen molar-refractivity contribution in [3.63, 3.8) is 0 Å². The van der Waals surface area contributed by atoms with Crippen LogP contribution in [0.3, 0.4) is 0 Å². The second-order valence-electron chi connectivity index (χ2n) is 3.49. The van der Waals surface area contributed by atoms with Gasteiger partial charge in [0.05, 0.1) is 6.54 Å². The molecule has 16 heavy (non-hydrogen) atoms. The first-order valence-corrected chi connectivity index (χ1v) is 5.32. The highest BCUT2D eigenvalue weighted by atomic mass is 16.5. The molecule has 5 nitrogen and oxygen atoms in total. The van der Waals surface area contributed by atoms with Crippen LogP contribution in [0.15, 0.2) is 29.2 Å². The maximum atomic E-state index is 4.74. The van der Waals surface area contributed by atoms with Crippen LogP contribution in [0.4, 0.5) is 5.82 Å². The number of hydrogen-bond acceptors (Lipinski definition) is 5. The number of nitrogens with one attached hydrogen (secondary N) is 1. The van der Waals surface area contributed by atoms with Crippen molar-refractivity contribution in [1.82, 2.24) is 15.1 Å². The Morgan fingerprint density at radius 3 is 3.00 bits per heavy atom. The van der Waals surface area contributed by atoms with E-state index in [1.165, 1.54) is 0 Å². The van der Waals surface area contributed by atoms with E-state index in [4.69, 9.17) is 4.52 Å². The molecule has 2 aromatic heterocycles. The van der Waals surface area contributed by atoms with Gasteiger partial charge in [0.2, 0.25) is 0 Å². The fourth-order valence-corrected chi connectivity index (χ4v) is 1.40. The number of aryl methyl sites for hydroxylation is 1. The summed E-state index contributed by atoms with van der Waals surface area (Å²) in [4.78, 5) is 8.33. The van der Waals surface area contributed by atoms with Gasteiger partial charge in [0.1, 0.15) is 24.1 Å². The van der Waals surface area contributed by atoms with Crippen molar-refractivity contribution in [2.75, 3.05) is 5.32 Å². The van der Waals surface area contributed by atoms with Gasteiger partial charge in [0, 0.05) is 17.8 Å². The summed E-state index contributed by atoms with van der Waals surface area (Å²) in [7, 11) is 0. The Hall–Kier alpha value is -1.91. The highest BCUT2D eigenvalue weighted by Gasteiger charge is 1.99. The zero-order valence-corrected chi connectivity index (χ0v) is 9.18. The molecule has 5 heteroatoms. The summed E-state index contributed by atoms with van der Waals surface area (Å²) in [6, 6.07) is 3.78. The van der Waals surface area contributed by atoms with E-state index in [0.717, 1.165) is 30.0 Å². The lowest BCUT2D eigenvalue weighted by atomic mass is 10.2. The number of anilines is 1. The average Bonchev–Trinajstić information content (AvgIpc) is 2.80. The molecule has 2 rings (SSSR count). The first-order chi connectivity index (χ1) is 7.88. The van der Waals surface area contributed by atoms with E-state index in [-0.39, 0.29) is 0 Å². The molecule has 0 amide bonds. The van der Waals surface area contributed by atoms with E-state index in [2.05, 4.69) is 27.4 Å². The van der Waals surface area contributed by atoms with Gasteiger partial charge in [-0.15, -0.1) is 0 Å². The van der Waals surface area contributed by atoms with Crippen molar-refractivity contribution in [3.8, 4) is 0 Å². The molecule has 0 unspecified atom stereocenters. The van der Waals surface area contributed by atoms with Crippen LogP contribution in [0.25, 0.3) is 0 Å². The first-order valence-electron chi connectivity index (χ1n) is 5.32. The molecule has 1 N–H and O–H groups in total. The fourth-order valence-electron chi connectivity index (χ4n) is 1.40. The summed E-state index contributed by atoms with van der Waals surface area (Å²) in [5.74, 6) is 0.821. The van der Waals surface area contributed by atoms with Crippen LogP contribution < -0.4 is 5.32 Å². The Morgan fingerprint density at radius 1 is 1.31 bits per heavy atom. The summed E-state index contributed by atoms with van der Waals surface area (Å²) < 4.78 is 4.74. The van der Waals surface area contributed by atoms with Gasteiger partial charge in [-0.05, 0) is 6.42 Å². The molecule has 0 aliphatic heterocycles. The number of rotatable bonds is 5. The molecule has 2 heterocycles. The normalized spacial score (nSPS) is 10.3. The number of nitrogens with zero attached hydrogens (tertiary/aromatic N) is 3. The second kappa shape index (κ2) is 5.25. The van der Waals surface area contributed by atoms with Gasteiger partial charge >= 0.3 is 0 Å². The van der Waals surface area contributed by atoms with Crippen molar-refractivity contribution in [3.05, 3.63) is 36.1 Å². The molecule has 0 aliphatic rings. The average molecular weight is 218 g/mol. The van der Waals surface area contributed by atoms with Crippen molar-refractivity contribution in [2.24, 2.45) is 0 Å². The second-order valence-corrected chi connectivity index (χ2v) is 3.49. The standard InChI is InChI=1S/C11H14N4O/c1-2-3-9-6-11(14-8-13-9)12-7-10-4-5-16-15-10/h4-6,8H,2-3,7H2,1H3,(H,12,13,14). The summed E-state index contributed by atoms with van der Waals surface area (Å²) in [5, 5.41) is 6.98. The summed E-state index contributed by atoms with van der Waals surface area (Å²) in [6.07, 6.45) is 5.19. The lowest BCUT2D eigenvalue weighted by molar-refractivity contribution is 0.412. The van der Waals surface area contributed by atoms with Crippen LogP contribution in [-0.2, 0) is 13.0 Å². The van der Waals surface area contributed by atoms with Crippen molar-refractivity contribution < 1.29 is 4.52 Å². The first kappa shape index (κ1) is 10.6. The molecule has 0 bridgehead atoms. The molecule has 0 aliphatic carbocycles. The van der Waals surface area contributed by atoms with Gasteiger partial charge in [0.15, 0.2) is 0 Å². The number of aromatic nitrogens is 3. The Bertz CT molecular complexity index is 427. The van der Waals surface area contributed by atoms with Crippen LogP contribution in [0.1, 0.15) is 24.7 Å². The summed E-state index contributed by atoms with van der Waals surface area (Å²) >= 11 is 0. The summed E-state index contributed by atoms with van der Waals surface area (Å²) in [6.45, 7) is 2.74.